The molecule has 116 valence electrons. The Balaban J connectivity index is 1.89. The van der Waals surface area contributed by atoms with Crippen LogP contribution < -0.4 is 10.1 Å². The maximum absolute atomic E-state index is 12.2. The van der Waals surface area contributed by atoms with E-state index in [2.05, 4.69) is 5.32 Å². The predicted molar refractivity (Wildman–Crippen MR) is 86.2 cm³/mol. The normalized spacial score (nSPS) is 17.9. The molecule has 3 nitrogen and oxygen atoms in total. The first-order valence-electron chi connectivity index (χ1n) is 7.48. The van der Waals surface area contributed by atoms with Crippen LogP contribution in [0.25, 0.3) is 0 Å². The molecule has 1 aromatic carbocycles. The first-order chi connectivity index (χ1) is 10.1. The Morgan fingerprint density at radius 2 is 1.90 bits per heavy atom. The van der Waals surface area contributed by atoms with Gasteiger partial charge < -0.3 is 10.1 Å². The third-order valence-electron chi connectivity index (χ3n) is 3.77. The Hall–Kier alpha value is -0.930. The summed E-state index contributed by atoms with van der Waals surface area (Å²) in [5.74, 6) is 0.387. The van der Waals surface area contributed by atoms with Gasteiger partial charge in [0.15, 0.2) is 6.10 Å². The molecule has 0 unspecified atom stereocenters. The van der Waals surface area contributed by atoms with Crippen molar-refractivity contribution in [2.24, 2.45) is 0 Å². The number of hydrogen-bond acceptors (Lipinski definition) is 2. The monoisotopic (exact) mass is 329 g/mol. The quantitative estimate of drug-likeness (QED) is 0.820. The van der Waals surface area contributed by atoms with Crippen LogP contribution in [0.3, 0.4) is 0 Å². The Morgan fingerprint density at radius 1 is 1.24 bits per heavy atom. The third kappa shape index (κ3) is 5.08. The van der Waals surface area contributed by atoms with E-state index in [1.807, 2.05) is 0 Å². The van der Waals surface area contributed by atoms with Crippen molar-refractivity contribution >= 4 is 29.1 Å². The van der Waals surface area contributed by atoms with E-state index in [9.17, 15) is 4.79 Å². The molecule has 0 aromatic heterocycles. The summed E-state index contributed by atoms with van der Waals surface area (Å²) in [6.07, 6.45) is 6.43. The van der Waals surface area contributed by atoms with Gasteiger partial charge in [-0.15, -0.1) is 0 Å². The van der Waals surface area contributed by atoms with Gasteiger partial charge in [0.2, 0.25) is 0 Å². The second-order valence-electron chi connectivity index (χ2n) is 5.53. The number of ether oxygens (including phenoxy) is 1. The minimum absolute atomic E-state index is 0.0899. The molecule has 1 fully saturated rings. The zero-order valence-corrected chi connectivity index (χ0v) is 13.7. The molecule has 0 spiro atoms. The summed E-state index contributed by atoms with van der Waals surface area (Å²) in [6, 6.07) is 5.25. The molecule has 5 heteroatoms. The molecule has 0 aliphatic heterocycles. The van der Waals surface area contributed by atoms with Gasteiger partial charge in [0.05, 0.1) is 5.02 Å². The highest BCUT2D eigenvalue weighted by atomic mass is 35.5. The SMILES string of the molecule is C[C@@H](Oc1ccc(Cl)cc1Cl)C(=O)NC1CCCCCC1. The van der Waals surface area contributed by atoms with Gasteiger partial charge in [-0.1, -0.05) is 48.9 Å². The maximum atomic E-state index is 12.2. The van der Waals surface area contributed by atoms with E-state index in [0.717, 1.165) is 12.8 Å². The highest BCUT2D eigenvalue weighted by Gasteiger charge is 2.20. The van der Waals surface area contributed by atoms with Crippen LogP contribution in [-0.2, 0) is 4.79 Å². The van der Waals surface area contributed by atoms with E-state index >= 15 is 0 Å². The zero-order valence-electron chi connectivity index (χ0n) is 12.2. The lowest BCUT2D eigenvalue weighted by Gasteiger charge is -2.20. The van der Waals surface area contributed by atoms with Crippen LogP contribution in [0, 0.1) is 0 Å². The van der Waals surface area contributed by atoms with Crippen molar-refractivity contribution < 1.29 is 9.53 Å². The number of amides is 1. The average molecular weight is 330 g/mol. The van der Waals surface area contributed by atoms with E-state index in [0.29, 0.717) is 15.8 Å². The molecule has 1 aliphatic carbocycles. The van der Waals surface area contributed by atoms with Crippen molar-refractivity contribution in [2.75, 3.05) is 0 Å². The second kappa shape index (κ2) is 7.90. The van der Waals surface area contributed by atoms with Gasteiger partial charge in [-0.2, -0.15) is 0 Å². The highest BCUT2D eigenvalue weighted by Crippen LogP contribution is 2.28. The molecule has 1 aliphatic rings. The van der Waals surface area contributed by atoms with E-state index in [1.165, 1.54) is 25.7 Å². The minimum atomic E-state index is -0.577. The van der Waals surface area contributed by atoms with Crippen molar-refractivity contribution in [3.8, 4) is 5.75 Å². The first kappa shape index (κ1) is 16.4. The maximum Gasteiger partial charge on any atom is 0.260 e. The summed E-state index contributed by atoms with van der Waals surface area (Å²) < 4.78 is 5.63. The average Bonchev–Trinajstić information content (AvgIpc) is 2.70. The standard InChI is InChI=1S/C16H21Cl2NO2/c1-11(21-15-9-8-12(17)10-14(15)18)16(20)19-13-6-4-2-3-5-7-13/h8-11,13H,2-7H2,1H3,(H,19,20)/t11-/m1/s1. The van der Waals surface area contributed by atoms with Crippen LogP contribution in [0.1, 0.15) is 45.4 Å². The Morgan fingerprint density at radius 3 is 2.52 bits per heavy atom. The highest BCUT2D eigenvalue weighted by molar-refractivity contribution is 6.35. The molecule has 21 heavy (non-hydrogen) atoms. The molecule has 1 N–H and O–H groups in total. The number of hydrogen-bond donors (Lipinski definition) is 1. The summed E-state index contributed by atoms with van der Waals surface area (Å²) in [7, 11) is 0. The van der Waals surface area contributed by atoms with Crippen molar-refractivity contribution in [1.29, 1.82) is 0 Å². The van der Waals surface area contributed by atoms with Crippen LogP contribution >= 0.6 is 23.2 Å². The van der Waals surface area contributed by atoms with Gasteiger partial charge in [-0.25, -0.2) is 0 Å². The molecular weight excluding hydrogens is 309 g/mol. The van der Waals surface area contributed by atoms with Gasteiger partial charge >= 0.3 is 0 Å². The molecular formula is C16H21Cl2NO2. The summed E-state index contributed by atoms with van der Waals surface area (Å²) in [5.41, 5.74) is 0. The topological polar surface area (TPSA) is 38.3 Å². The van der Waals surface area contributed by atoms with E-state index < -0.39 is 6.10 Å². The zero-order chi connectivity index (χ0) is 15.2. The van der Waals surface area contributed by atoms with Crippen LogP contribution in [0.2, 0.25) is 10.0 Å². The molecule has 0 radical (unpaired) electrons. The molecule has 0 saturated heterocycles. The smallest absolute Gasteiger partial charge is 0.260 e. The van der Waals surface area contributed by atoms with Crippen molar-refractivity contribution in [3.63, 3.8) is 0 Å². The lowest BCUT2D eigenvalue weighted by Crippen LogP contribution is -2.42. The van der Waals surface area contributed by atoms with Crippen LogP contribution in [0.15, 0.2) is 18.2 Å². The number of carbonyl (C=O) groups is 1. The summed E-state index contributed by atoms with van der Waals surface area (Å²) >= 11 is 11.9. The van der Waals surface area contributed by atoms with E-state index in [1.54, 1.807) is 25.1 Å². The van der Waals surface area contributed by atoms with Crippen molar-refractivity contribution in [1.82, 2.24) is 5.32 Å². The van der Waals surface area contributed by atoms with Crippen LogP contribution in [0.4, 0.5) is 0 Å². The second-order valence-corrected chi connectivity index (χ2v) is 6.38. The Kier molecular flexibility index (Phi) is 6.19. The molecule has 1 aromatic rings. The number of rotatable bonds is 4. The lowest BCUT2D eigenvalue weighted by atomic mass is 10.1. The molecule has 2 rings (SSSR count). The summed E-state index contributed by atoms with van der Waals surface area (Å²) in [4.78, 5) is 12.2. The molecule has 0 heterocycles. The van der Waals surface area contributed by atoms with Crippen molar-refractivity contribution in [3.05, 3.63) is 28.2 Å². The van der Waals surface area contributed by atoms with Gasteiger partial charge in [-0.3, -0.25) is 4.79 Å². The molecule has 1 atom stereocenters. The van der Waals surface area contributed by atoms with Crippen LogP contribution in [0.5, 0.6) is 5.75 Å². The van der Waals surface area contributed by atoms with E-state index in [4.69, 9.17) is 27.9 Å². The van der Waals surface area contributed by atoms with Gasteiger partial charge in [0.25, 0.3) is 5.91 Å². The fourth-order valence-corrected chi connectivity index (χ4v) is 3.01. The van der Waals surface area contributed by atoms with Crippen LogP contribution in [-0.4, -0.2) is 18.1 Å². The third-order valence-corrected chi connectivity index (χ3v) is 4.30. The number of benzene rings is 1. The first-order valence-corrected chi connectivity index (χ1v) is 8.24. The summed E-state index contributed by atoms with van der Waals surface area (Å²) in [6.45, 7) is 1.73. The fraction of sp³-hybridized carbons (Fsp3) is 0.562. The van der Waals surface area contributed by atoms with Crippen molar-refractivity contribution in [2.45, 2.75) is 57.6 Å². The Labute approximate surface area is 136 Å². The van der Waals surface area contributed by atoms with E-state index in [-0.39, 0.29) is 11.9 Å². The lowest BCUT2D eigenvalue weighted by molar-refractivity contribution is -0.128. The van der Waals surface area contributed by atoms with Gasteiger partial charge in [-0.05, 0) is 38.0 Å². The molecule has 1 amide bonds. The number of halogens is 2. The number of carbonyl (C=O) groups excluding carboxylic acids is 1. The van der Waals surface area contributed by atoms with Gasteiger partial charge in [0.1, 0.15) is 5.75 Å². The minimum Gasteiger partial charge on any atom is -0.479 e. The predicted octanol–water partition coefficient (Wildman–Crippen LogP) is 4.60. The fourth-order valence-electron chi connectivity index (χ4n) is 2.56. The molecule has 1 saturated carbocycles. The summed E-state index contributed by atoms with van der Waals surface area (Å²) in [5, 5.41) is 4.03. The number of nitrogens with one attached hydrogen (secondary N) is 1. The van der Waals surface area contributed by atoms with Gasteiger partial charge in [0, 0.05) is 11.1 Å². The molecule has 0 bridgehead atoms. The largest absolute Gasteiger partial charge is 0.479 e. The Bertz CT molecular complexity index is 485.